The van der Waals surface area contributed by atoms with Gasteiger partial charge in [-0.2, -0.15) is 0 Å². The van der Waals surface area contributed by atoms with Crippen LogP contribution in [0.2, 0.25) is 0 Å². The number of ether oxygens (including phenoxy) is 1. The molecule has 1 N–H and O–H groups in total. The van der Waals surface area contributed by atoms with Crippen molar-refractivity contribution < 1.29 is 14.3 Å². The second-order valence-corrected chi connectivity index (χ2v) is 8.08. The molecular formula is C23H23N3O3S. The first-order chi connectivity index (χ1) is 14.5. The molecule has 1 fully saturated rings. The number of carbonyl (C=O) groups is 2. The maximum absolute atomic E-state index is 12.7. The van der Waals surface area contributed by atoms with Crippen LogP contribution in [0.25, 0.3) is 11.3 Å². The van der Waals surface area contributed by atoms with Gasteiger partial charge in [0.25, 0.3) is 0 Å². The van der Waals surface area contributed by atoms with Crippen molar-refractivity contribution in [1.29, 1.82) is 0 Å². The molecule has 2 aromatic carbocycles. The maximum Gasteiger partial charge on any atom is 0.231 e. The van der Waals surface area contributed by atoms with Crippen molar-refractivity contribution in [2.75, 3.05) is 23.4 Å². The summed E-state index contributed by atoms with van der Waals surface area (Å²) < 4.78 is 5.46. The highest BCUT2D eigenvalue weighted by Crippen LogP contribution is 2.29. The second kappa shape index (κ2) is 8.67. The van der Waals surface area contributed by atoms with E-state index in [0.29, 0.717) is 18.3 Å². The standard InChI is InChI=1S/C23H23N3O3S/c1-3-29-19-10-6-16(7-11-19)20-14-30-23(24-20)25-22(28)17-12-21(27)26(13-17)18-8-4-15(2)5-9-18/h4-11,14,17H,3,12-13H2,1-2H3,(H,24,25,28). The molecule has 0 saturated carbocycles. The Hall–Kier alpha value is -3.19. The minimum absolute atomic E-state index is 0.0341. The van der Waals surface area contributed by atoms with Crippen molar-refractivity contribution in [3.63, 3.8) is 0 Å². The number of nitrogens with one attached hydrogen (secondary N) is 1. The minimum Gasteiger partial charge on any atom is -0.494 e. The van der Waals surface area contributed by atoms with Crippen molar-refractivity contribution in [3.05, 3.63) is 59.5 Å². The Morgan fingerprint density at radius 3 is 2.63 bits per heavy atom. The van der Waals surface area contributed by atoms with E-state index in [1.54, 1.807) is 4.90 Å². The molecule has 1 aliphatic heterocycles. The van der Waals surface area contributed by atoms with Gasteiger partial charge in [-0.05, 0) is 50.2 Å². The van der Waals surface area contributed by atoms with Gasteiger partial charge in [0.1, 0.15) is 5.75 Å². The molecular weight excluding hydrogens is 398 g/mol. The van der Waals surface area contributed by atoms with Crippen molar-refractivity contribution >= 4 is 34.0 Å². The highest BCUT2D eigenvalue weighted by Gasteiger charge is 2.35. The van der Waals surface area contributed by atoms with E-state index in [1.165, 1.54) is 11.3 Å². The third-order valence-electron chi connectivity index (χ3n) is 5.04. The molecule has 6 nitrogen and oxygen atoms in total. The van der Waals surface area contributed by atoms with E-state index in [0.717, 1.165) is 28.3 Å². The quantitative estimate of drug-likeness (QED) is 0.636. The second-order valence-electron chi connectivity index (χ2n) is 7.23. The van der Waals surface area contributed by atoms with Gasteiger partial charge in [-0.25, -0.2) is 4.98 Å². The number of thiazole rings is 1. The molecule has 0 aliphatic carbocycles. The average molecular weight is 422 g/mol. The van der Waals surface area contributed by atoms with Crippen LogP contribution < -0.4 is 15.0 Å². The first-order valence-corrected chi connectivity index (χ1v) is 10.8. The zero-order valence-electron chi connectivity index (χ0n) is 16.9. The van der Waals surface area contributed by atoms with E-state index >= 15 is 0 Å². The highest BCUT2D eigenvalue weighted by atomic mass is 32.1. The summed E-state index contributed by atoms with van der Waals surface area (Å²) in [7, 11) is 0. The molecule has 2 amide bonds. The number of aryl methyl sites for hydroxylation is 1. The number of hydrogen-bond donors (Lipinski definition) is 1. The van der Waals surface area contributed by atoms with E-state index in [4.69, 9.17) is 4.74 Å². The van der Waals surface area contributed by atoms with E-state index in [9.17, 15) is 9.59 Å². The van der Waals surface area contributed by atoms with Gasteiger partial charge in [0.15, 0.2) is 5.13 Å². The summed E-state index contributed by atoms with van der Waals surface area (Å²) in [5.74, 6) is 0.212. The Labute approximate surface area is 179 Å². The molecule has 0 spiro atoms. The molecule has 30 heavy (non-hydrogen) atoms. The molecule has 154 valence electrons. The molecule has 3 aromatic rings. The first kappa shape index (κ1) is 20.1. The maximum atomic E-state index is 12.7. The largest absolute Gasteiger partial charge is 0.494 e. The minimum atomic E-state index is -0.392. The summed E-state index contributed by atoms with van der Waals surface area (Å²) in [5, 5.41) is 5.31. The normalized spacial score (nSPS) is 16.0. The predicted octanol–water partition coefficient (Wildman–Crippen LogP) is 4.51. The number of carbonyl (C=O) groups excluding carboxylic acids is 2. The molecule has 1 aliphatic rings. The molecule has 0 bridgehead atoms. The first-order valence-electron chi connectivity index (χ1n) is 9.90. The molecule has 1 unspecified atom stereocenters. The Bertz CT molecular complexity index is 1040. The topological polar surface area (TPSA) is 71.5 Å². The van der Waals surface area contributed by atoms with Gasteiger partial charge in [-0.1, -0.05) is 17.7 Å². The zero-order valence-corrected chi connectivity index (χ0v) is 17.7. The fourth-order valence-corrected chi connectivity index (χ4v) is 4.14. The number of anilines is 2. The predicted molar refractivity (Wildman–Crippen MR) is 119 cm³/mol. The number of rotatable bonds is 6. The van der Waals surface area contributed by atoms with E-state index < -0.39 is 5.92 Å². The highest BCUT2D eigenvalue weighted by molar-refractivity contribution is 7.14. The smallest absolute Gasteiger partial charge is 0.231 e. The monoisotopic (exact) mass is 421 g/mol. The summed E-state index contributed by atoms with van der Waals surface area (Å²) in [5.41, 5.74) is 3.71. The summed E-state index contributed by atoms with van der Waals surface area (Å²) in [6, 6.07) is 15.5. The third-order valence-corrected chi connectivity index (χ3v) is 5.79. The Kier molecular flexibility index (Phi) is 5.81. The van der Waals surface area contributed by atoms with Gasteiger partial charge in [-0.3, -0.25) is 9.59 Å². The van der Waals surface area contributed by atoms with Crippen LogP contribution in [0.3, 0.4) is 0 Å². The van der Waals surface area contributed by atoms with Crippen LogP contribution >= 0.6 is 11.3 Å². The van der Waals surface area contributed by atoms with Gasteiger partial charge >= 0.3 is 0 Å². The number of benzene rings is 2. The van der Waals surface area contributed by atoms with E-state index in [-0.39, 0.29) is 18.2 Å². The van der Waals surface area contributed by atoms with Crippen LogP contribution in [0.4, 0.5) is 10.8 Å². The molecule has 1 atom stereocenters. The van der Waals surface area contributed by atoms with Gasteiger partial charge in [0, 0.05) is 29.6 Å². The lowest BCUT2D eigenvalue weighted by molar-refractivity contribution is -0.122. The Balaban J connectivity index is 1.40. The molecule has 1 aromatic heterocycles. The van der Waals surface area contributed by atoms with E-state index in [1.807, 2.05) is 67.8 Å². The number of aromatic nitrogens is 1. The molecule has 1 saturated heterocycles. The van der Waals surface area contributed by atoms with Crippen molar-refractivity contribution in [2.45, 2.75) is 20.3 Å². The fourth-order valence-electron chi connectivity index (χ4n) is 3.42. The number of amides is 2. The number of nitrogens with zero attached hydrogens (tertiary/aromatic N) is 2. The molecule has 2 heterocycles. The summed E-state index contributed by atoms with van der Waals surface area (Å²) in [6.45, 7) is 4.95. The Morgan fingerprint density at radius 2 is 1.93 bits per heavy atom. The van der Waals surface area contributed by atoms with Crippen molar-refractivity contribution in [2.24, 2.45) is 5.92 Å². The average Bonchev–Trinajstić information content (AvgIpc) is 3.36. The summed E-state index contributed by atoms with van der Waals surface area (Å²) in [4.78, 5) is 31.3. The lowest BCUT2D eigenvalue weighted by Gasteiger charge is -2.16. The summed E-state index contributed by atoms with van der Waals surface area (Å²) >= 11 is 1.37. The van der Waals surface area contributed by atoms with Gasteiger partial charge in [0.05, 0.1) is 18.2 Å². The van der Waals surface area contributed by atoms with Crippen LogP contribution in [-0.4, -0.2) is 29.9 Å². The summed E-state index contributed by atoms with van der Waals surface area (Å²) in [6.07, 6.45) is 0.205. The lowest BCUT2D eigenvalue weighted by Crippen LogP contribution is -2.28. The molecule has 0 radical (unpaired) electrons. The zero-order chi connectivity index (χ0) is 21.1. The van der Waals surface area contributed by atoms with Crippen molar-refractivity contribution in [1.82, 2.24) is 4.98 Å². The fraction of sp³-hybridized carbons (Fsp3) is 0.261. The van der Waals surface area contributed by atoms with Crippen LogP contribution in [0, 0.1) is 12.8 Å². The van der Waals surface area contributed by atoms with Crippen LogP contribution in [0.15, 0.2) is 53.9 Å². The molecule has 7 heteroatoms. The SMILES string of the molecule is CCOc1ccc(-c2csc(NC(=O)C3CC(=O)N(c4ccc(C)cc4)C3)n2)cc1. The third kappa shape index (κ3) is 4.36. The van der Waals surface area contributed by atoms with Gasteiger partial charge in [-0.15, -0.1) is 11.3 Å². The Morgan fingerprint density at radius 1 is 1.20 bits per heavy atom. The number of hydrogen-bond acceptors (Lipinski definition) is 5. The van der Waals surface area contributed by atoms with Crippen LogP contribution in [-0.2, 0) is 9.59 Å². The van der Waals surface area contributed by atoms with E-state index in [2.05, 4.69) is 10.3 Å². The van der Waals surface area contributed by atoms with Gasteiger partial charge in [0.2, 0.25) is 11.8 Å². The van der Waals surface area contributed by atoms with Crippen LogP contribution in [0.1, 0.15) is 18.9 Å². The molecule has 4 rings (SSSR count). The lowest BCUT2D eigenvalue weighted by atomic mass is 10.1. The van der Waals surface area contributed by atoms with Crippen molar-refractivity contribution in [3.8, 4) is 17.0 Å². The van der Waals surface area contributed by atoms with Crippen LogP contribution in [0.5, 0.6) is 5.75 Å². The van der Waals surface area contributed by atoms with Gasteiger partial charge < -0.3 is 15.0 Å².